The van der Waals surface area contributed by atoms with Crippen molar-refractivity contribution in [2.45, 2.75) is 18.9 Å². The first-order valence-corrected chi connectivity index (χ1v) is 5.77. The molecule has 0 saturated heterocycles. The van der Waals surface area contributed by atoms with Crippen molar-refractivity contribution in [3.63, 3.8) is 0 Å². The molecule has 0 radical (unpaired) electrons. The van der Waals surface area contributed by atoms with Crippen molar-refractivity contribution in [1.82, 2.24) is 4.98 Å². The van der Waals surface area contributed by atoms with Gasteiger partial charge in [0.15, 0.2) is 5.43 Å². The quantitative estimate of drug-likeness (QED) is 0.875. The summed E-state index contributed by atoms with van der Waals surface area (Å²) in [5.74, 6) is 0.898. The summed E-state index contributed by atoms with van der Waals surface area (Å²) in [6, 6.07) is 10.9. The second kappa shape index (κ2) is 4.09. The van der Waals surface area contributed by atoms with E-state index in [-0.39, 0.29) is 5.43 Å². The van der Waals surface area contributed by atoms with Crippen LogP contribution < -0.4 is 10.2 Å². The minimum atomic E-state index is 0.0112. The van der Waals surface area contributed by atoms with E-state index in [4.69, 9.17) is 4.74 Å². The van der Waals surface area contributed by atoms with E-state index in [0.717, 1.165) is 29.8 Å². The molecule has 1 aromatic heterocycles. The maximum atomic E-state index is 11.2. The summed E-state index contributed by atoms with van der Waals surface area (Å²) >= 11 is 0. The molecule has 1 aliphatic carbocycles. The molecule has 0 spiro atoms. The minimum absolute atomic E-state index is 0.0112. The van der Waals surface area contributed by atoms with Crippen molar-refractivity contribution in [3.05, 3.63) is 52.8 Å². The Morgan fingerprint density at radius 1 is 1.12 bits per heavy atom. The lowest BCUT2D eigenvalue weighted by molar-refractivity contribution is 0.303. The minimum Gasteiger partial charge on any atom is -0.490 e. The lowest BCUT2D eigenvalue weighted by atomic mass is 10.1. The highest BCUT2D eigenvalue weighted by molar-refractivity contribution is 5.59. The molecule has 17 heavy (non-hydrogen) atoms. The van der Waals surface area contributed by atoms with Gasteiger partial charge in [0, 0.05) is 24.0 Å². The van der Waals surface area contributed by atoms with E-state index in [9.17, 15) is 4.79 Å². The molecule has 0 aliphatic heterocycles. The third-order valence-corrected chi connectivity index (χ3v) is 2.77. The van der Waals surface area contributed by atoms with Gasteiger partial charge in [0.25, 0.3) is 0 Å². The summed E-state index contributed by atoms with van der Waals surface area (Å²) in [4.78, 5) is 14.3. The van der Waals surface area contributed by atoms with Crippen molar-refractivity contribution in [1.29, 1.82) is 0 Å². The predicted octanol–water partition coefficient (Wildman–Crippen LogP) is 2.58. The number of H-pyrrole nitrogens is 1. The van der Waals surface area contributed by atoms with Gasteiger partial charge in [-0.2, -0.15) is 0 Å². The highest BCUT2D eigenvalue weighted by atomic mass is 16.5. The first-order chi connectivity index (χ1) is 8.31. The molecule has 3 heteroatoms. The Hall–Kier alpha value is -2.03. The van der Waals surface area contributed by atoms with E-state index in [1.165, 1.54) is 6.07 Å². The fourth-order valence-electron chi connectivity index (χ4n) is 1.70. The summed E-state index contributed by atoms with van der Waals surface area (Å²) in [5.41, 5.74) is 1.83. The molecule has 3 nitrogen and oxygen atoms in total. The first-order valence-electron chi connectivity index (χ1n) is 5.77. The molecule has 0 amide bonds. The maximum Gasteiger partial charge on any atom is 0.182 e. The topological polar surface area (TPSA) is 42.1 Å². The van der Waals surface area contributed by atoms with Crippen molar-refractivity contribution in [3.8, 4) is 17.0 Å². The standard InChI is InChI=1S/C14H13NO2/c16-11-7-8-15-14(9-11)10-1-3-12(4-2-10)17-13-5-6-13/h1-4,7-9,13H,5-6H2,(H,15,16). The summed E-state index contributed by atoms with van der Waals surface area (Å²) in [5, 5.41) is 0. The number of hydrogen-bond donors (Lipinski definition) is 1. The molecular formula is C14H13NO2. The number of rotatable bonds is 3. The molecule has 1 heterocycles. The van der Waals surface area contributed by atoms with Crippen molar-refractivity contribution < 1.29 is 4.74 Å². The molecule has 1 aromatic carbocycles. The third-order valence-electron chi connectivity index (χ3n) is 2.77. The van der Waals surface area contributed by atoms with Gasteiger partial charge in [-0.25, -0.2) is 0 Å². The summed E-state index contributed by atoms with van der Waals surface area (Å²) < 4.78 is 5.67. The Bertz CT molecular complexity index is 567. The largest absolute Gasteiger partial charge is 0.490 e. The number of nitrogens with one attached hydrogen (secondary N) is 1. The molecule has 1 aliphatic rings. The van der Waals surface area contributed by atoms with Crippen molar-refractivity contribution in [2.75, 3.05) is 0 Å². The van der Waals surface area contributed by atoms with Crippen LogP contribution in [0.1, 0.15) is 12.8 Å². The second-order valence-electron chi connectivity index (χ2n) is 4.28. The van der Waals surface area contributed by atoms with Crippen molar-refractivity contribution in [2.24, 2.45) is 0 Å². The van der Waals surface area contributed by atoms with Gasteiger partial charge in [-0.3, -0.25) is 4.79 Å². The zero-order valence-corrected chi connectivity index (χ0v) is 9.35. The number of ether oxygens (including phenoxy) is 1. The number of aromatic amines is 1. The zero-order valence-electron chi connectivity index (χ0n) is 9.35. The summed E-state index contributed by atoms with van der Waals surface area (Å²) in [7, 11) is 0. The van der Waals surface area contributed by atoms with Crippen LogP contribution in [0.3, 0.4) is 0 Å². The van der Waals surface area contributed by atoms with E-state index in [0.29, 0.717) is 6.10 Å². The lowest BCUT2D eigenvalue weighted by Gasteiger charge is -2.05. The molecule has 1 saturated carbocycles. The lowest BCUT2D eigenvalue weighted by Crippen LogP contribution is -1.98. The van der Waals surface area contributed by atoms with E-state index < -0.39 is 0 Å². The average Bonchev–Trinajstić information content (AvgIpc) is 3.14. The Labute approximate surface area is 99.1 Å². The second-order valence-corrected chi connectivity index (χ2v) is 4.28. The maximum absolute atomic E-state index is 11.2. The van der Waals surface area contributed by atoms with E-state index in [1.54, 1.807) is 12.3 Å². The molecule has 86 valence electrons. The molecule has 0 unspecified atom stereocenters. The molecule has 1 N–H and O–H groups in total. The van der Waals surface area contributed by atoms with Gasteiger partial charge >= 0.3 is 0 Å². The Kier molecular flexibility index (Phi) is 2.44. The average molecular weight is 227 g/mol. The number of pyridine rings is 1. The molecule has 1 fully saturated rings. The number of hydrogen-bond acceptors (Lipinski definition) is 2. The van der Waals surface area contributed by atoms with Crippen LogP contribution in [0.5, 0.6) is 5.75 Å². The normalized spacial score (nSPS) is 14.6. The highest BCUT2D eigenvalue weighted by Crippen LogP contribution is 2.27. The molecular weight excluding hydrogens is 214 g/mol. The van der Waals surface area contributed by atoms with Crippen LogP contribution in [-0.4, -0.2) is 11.1 Å². The molecule has 0 bridgehead atoms. The number of aromatic nitrogens is 1. The van der Waals surface area contributed by atoms with Crippen LogP contribution in [-0.2, 0) is 0 Å². The predicted molar refractivity (Wildman–Crippen MR) is 66.1 cm³/mol. The first kappa shape index (κ1) is 10.1. The smallest absolute Gasteiger partial charge is 0.182 e. The Balaban J connectivity index is 1.85. The number of benzene rings is 1. The highest BCUT2D eigenvalue weighted by Gasteiger charge is 2.23. The molecule has 0 atom stereocenters. The summed E-state index contributed by atoms with van der Waals surface area (Å²) in [6.07, 6.45) is 4.39. The van der Waals surface area contributed by atoms with Crippen LogP contribution in [0.25, 0.3) is 11.3 Å². The Morgan fingerprint density at radius 2 is 1.88 bits per heavy atom. The van der Waals surface area contributed by atoms with Crippen LogP contribution >= 0.6 is 0 Å². The fourth-order valence-corrected chi connectivity index (χ4v) is 1.70. The van der Waals surface area contributed by atoms with Gasteiger partial charge < -0.3 is 9.72 Å². The molecule has 3 rings (SSSR count). The molecule has 2 aromatic rings. The van der Waals surface area contributed by atoms with Gasteiger partial charge in [0.05, 0.1) is 6.10 Å². The van der Waals surface area contributed by atoms with Crippen LogP contribution in [0, 0.1) is 0 Å². The van der Waals surface area contributed by atoms with E-state index in [1.807, 2.05) is 24.3 Å². The van der Waals surface area contributed by atoms with E-state index >= 15 is 0 Å². The van der Waals surface area contributed by atoms with Gasteiger partial charge in [-0.15, -0.1) is 0 Å². The van der Waals surface area contributed by atoms with Crippen LogP contribution in [0.15, 0.2) is 47.4 Å². The third kappa shape index (κ3) is 2.38. The fraction of sp³-hybridized carbons (Fsp3) is 0.214. The van der Waals surface area contributed by atoms with Gasteiger partial charge in [-0.1, -0.05) is 0 Å². The van der Waals surface area contributed by atoms with Gasteiger partial charge in [0.1, 0.15) is 5.75 Å². The van der Waals surface area contributed by atoms with Crippen LogP contribution in [0.2, 0.25) is 0 Å². The van der Waals surface area contributed by atoms with E-state index in [2.05, 4.69) is 4.98 Å². The van der Waals surface area contributed by atoms with Gasteiger partial charge in [0.2, 0.25) is 0 Å². The summed E-state index contributed by atoms with van der Waals surface area (Å²) in [6.45, 7) is 0. The van der Waals surface area contributed by atoms with Crippen molar-refractivity contribution >= 4 is 0 Å². The zero-order chi connectivity index (χ0) is 11.7. The monoisotopic (exact) mass is 227 g/mol. The SMILES string of the molecule is O=c1cc[nH]c(-c2ccc(OC3CC3)cc2)c1. The Morgan fingerprint density at radius 3 is 2.53 bits per heavy atom. The van der Waals surface area contributed by atoms with Gasteiger partial charge in [-0.05, 0) is 42.7 Å². The van der Waals surface area contributed by atoms with Crippen LogP contribution in [0.4, 0.5) is 0 Å².